The van der Waals surface area contributed by atoms with Crippen molar-refractivity contribution in [2.24, 2.45) is 5.92 Å². The van der Waals surface area contributed by atoms with Crippen LogP contribution in [0, 0.1) is 12.8 Å². The van der Waals surface area contributed by atoms with Gasteiger partial charge in [-0.05, 0) is 73.3 Å². The first-order valence-electron chi connectivity index (χ1n) is 11.4. The molecule has 0 aliphatic carbocycles. The van der Waals surface area contributed by atoms with Crippen molar-refractivity contribution in [1.29, 1.82) is 0 Å². The van der Waals surface area contributed by atoms with Gasteiger partial charge in [-0.15, -0.1) is 0 Å². The standard InChI is InChI=1S/C26H32N4O3/c1-17(2)16-33-25-8-7-23(32-4)13-21(25)15-30-18(3)11-24(29-30)26(31)28-22-6-5-20-14-27-10-9-19(20)12-22/h5-8,11-13,17,27H,9-10,14-16H2,1-4H3,(H,28,31). The van der Waals surface area contributed by atoms with Crippen LogP contribution in [0.2, 0.25) is 0 Å². The quantitative estimate of drug-likeness (QED) is 0.541. The van der Waals surface area contributed by atoms with Crippen LogP contribution in [0.4, 0.5) is 5.69 Å². The fraction of sp³-hybridized carbons (Fsp3) is 0.385. The summed E-state index contributed by atoms with van der Waals surface area (Å²) in [6, 6.07) is 13.7. The second-order valence-electron chi connectivity index (χ2n) is 8.87. The van der Waals surface area contributed by atoms with E-state index in [9.17, 15) is 4.79 Å². The van der Waals surface area contributed by atoms with E-state index in [4.69, 9.17) is 9.47 Å². The van der Waals surface area contributed by atoms with E-state index in [1.165, 1.54) is 11.1 Å². The molecular formula is C26H32N4O3. The van der Waals surface area contributed by atoms with Crippen molar-refractivity contribution in [3.63, 3.8) is 0 Å². The highest BCUT2D eigenvalue weighted by Crippen LogP contribution is 2.26. The first kappa shape index (κ1) is 22.9. The van der Waals surface area contributed by atoms with Gasteiger partial charge < -0.3 is 20.1 Å². The number of nitrogens with zero attached hydrogens (tertiary/aromatic N) is 2. The highest BCUT2D eigenvalue weighted by atomic mass is 16.5. The van der Waals surface area contributed by atoms with E-state index in [0.29, 0.717) is 24.8 Å². The third kappa shape index (κ3) is 5.54. The molecule has 0 unspecified atom stereocenters. The molecule has 0 bridgehead atoms. The summed E-state index contributed by atoms with van der Waals surface area (Å²) in [6.45, 7) is 9.12. The van der Waals surface area contributed by atoms with E-state index >= 15 is 0 Å². The van der Waals surface area contributed by atoms with Gasteiger partial charge in [-0.1, -0.05) is 19.9 Å². The van der Waals surface area contributed by atoms with E-state index < -0.39 is 0 Å². The first-order valence-corrected chi connectivity index (χ1v) is 11.4. The average molecular weight is 449 g/mol. The maximum atomic E-state index is 12.9. The van der Waals surface area contributed by atoms with Gasteiger partial charge in [0.05, 0.1) is 20.3 Å². The van der Waals surface area contributed by atoms with Gasteiger partial charge in [0.1, 0.15) is 11.5 Å². The Kier molecular flexibility index (Phi) is 6.99. The van der Waals surface area contributed by atoms with Gasteiger partial charge in [-0.2, -0.15) is 5.10 Å². The molecule has 0 atom stereocenters. The Morgan fingerprint density at radius 3 is 2.82 bits per heavy atom. The van der Waals surface area contributed by atoms with E-state index in [0.717, 1.165) is 48.0 Å². The lowest BCUT2D eigenvalue weighted by Crippen LogP contribution is -2.23. The summed E-state index contributed by atoms with van der Waals surface area (Å²) in [4.78, 5) is 12.9. The largest absolute Gasteiger partial charge is 0.497 e. The molecule has 4 rings (SSSR count). The highest BCUT2D eigenvalue weighted by molar-refractivity contribution is 6.03. The number of hydrogen-bond donors (Lipinski definition) is 2. The topological polar surface area (TPSA) is 77.4 Å². The second-order valence-corrected chi connectivity index (χ2v) is 8.87. The van der Waals surface area contributed by atoms with Crippen LogP contribution in [-0.4, -0.2) is 35.9 Å². The molecular weight excluding hydrogens is 416 g/mol. The van der Waals surface area contributed by atoms with Crippen LogP contribution in [0.3, 0.4) is 0 Å². The lowest BCUT2D eigenvalue weighted by molar-refractivity contribution is 0.102. The molecule has 0 saturated carbocycles. The van der Waals surface area contributed by atoms with Crippen molar-refractivity contribution in [1.82, 2.24) is 15.1 Å². The minimum atomic E-state index is -0.215. The second kappa shape index (κ2) is 10.1. The number of carbonyl (C=O) groups excluding carboxylic acids is 1. The van der Waals surface area contributed by atoms with Gasteiger partial charge >= 0.3 is 0 Å². The number of carbonyl (C=O) groups is 1. The highest BCUT2D eigenvalue weighted by Gasteiger charge is 2.16. The van der Waals surface area contributed by atoms with Crippen LogP contribution in [0.5, 0.6) is 11.5 Å². The summed E-state index contributed by atoms with van der Waals surface area (Å²) < 4.78 is 13.2. The zero-order chi connectivity index (χ0) is 23.4. The van der Waals surface area contributed by atoms with Crippen molar-refractivity contribution in [2.75, 3.05) is 25.6 Å². The molecule has 7 nitrogen and oxygen atoms in total. The number of aromatic nitrogens is 2. The summed E-state index contributed by atoms with van der Waals surface area (Å²) >= 11 is 0. The lowest BCUT2D eigenvalue weighted by Gasteiger charge is -2.17. The number of fused-ring (bicyclic) bond motifs is 1. The van der Waals surface area contributed by atoms with Crippen LogP contribution >= 0.6 is 0 Å². The molecule has 1 aliphatic rings. The molecule has 2 aromatic carbocycles. The number of amides is 1. The number of methoxy groups -OCH3 is 1. The predicted octanol–water partition coefficient (Wildman–Crippen LogP) is 4.18. The van der Waals surface area contributed by atoms with Crippen LogP contribution in [0.15, 0.2) is 42.5 Å². The summed E-state index contributed by atoms with van der Waals surface area (Å²) in [5.74, 6) is 1.76. The molecule has 1 aliphatic heterocycles. The zero-order valence-electron chi connectivity index (χ0n) is 19.8. The summed E-state index contributed by atoms with van der Waals surface area (Å²) in [5, 5.41) is 10.9. The average Bonchev–Trinajstić information content (AvgIpc) is 3.18. The Morgan fingerprint density at radius 2 is 2.03 bits per heavy atom. The van der Waals surface area contributed by atoms with Gasteiger partial charge in [0.15, 0.2) is 5.69 Å². The minimum Gasteiger partial charge on any atom is -0.497 e. The number of hydrogen-bond acceptors (Lipinski definition) is 5. The molecule has 174 valence electrons. The van der Waals surface area contributed by atoms with Gasteiger partial charge in [-0.25, -0.2) is 0 Å². The smallest absolute Gasteiger partial charge is 0.276 e. The SMILES string of the molecule is COc1ccc(OCC(C)C)c(Cn2nc(C(=O)Nc3ccc4c(c3)CCNC4)cc2C)c1. The third-order valence-corrected chi connectivity index (χ3v) is 5.72. The normalized spacial score (nSPS) is 13.0. The fourth-order valence-electron chi connectivity index (χ4n) is 3.90. The predicted molar refractivity (Wildman–Crippen MR) is 129 cm³/mol. The Balaban J connectivity index is 1.51. The van der Waals surface area contributed by atoms with Crippen molar-refractivity contribution in [2.45, 2.75) is 40.3 Å². The maximum Gasteiger partial charge on any atom is 0.276 e. The molecule has 2 N–H and O–H groups in total. The Hall–Kier alpha value is -3.32. The first-order chi connectivity index (χ1) is 15.9. The number of nitrogens with one attached hydrogen (secondary N) is 2. The number of benzene rings is 2. The Bertz CT molecular complexity index is 1140. The van der Waals surface area contributed by atoms with Crippen LogP contribution in [-0.2, 0) is 19.5 Å². The molecule has 2 heterocycles. The van der Waals surface area contributed by atoms with Crippen molar-refractivity contribution in [3.05, 3.63) is 70.5 Å². The van der Waals surface area contributed by atoms with Gasteiger partial charge in [0.2, 0.25) is 0 Å². The lowest BCUT2D eigenvalue weighted by atomic mass is 10.0. The molecule has 33 heavy (non-hydrogen) atoms. The van der Waals surface area contributed by atoms with E-state index in [1.54, 1.807) is 7.11 Å². The third-order valence-electron chi connectivity index (χ3n) is 5.72. The van der Waals surface area contributed by atoms with Crippen LogP contribution in [0.1, 0.15) is 46.7 Å². The van der Waals surface area contributed by atoms with Crippen LogP contribution < -0.4 is 20.1 Å². The van der Waals surface area contributed by atoms with Gasteiger partial charge in [0.25, 0.3) is 5.91 Å². The van der Waals surface area contributed by atoms with Crippen LogP contribution in [0.25, 0.3) is 0 Å². The van der Waals surface area contributed by atoms with E-state index in [1.807, 2.05) is 41.9 Å². The molecule has 1 aromatic heterocycles. The van der Waals surface area contributed by atoms with Gasteiger partial charge in [-0.3, -0.25) is 9.48 Å². The summed E-state index contributed by atoms with van der Waals surface area (Å²) in [6.07, 6.45) is 0.967. The summed E-state index contributed by atoms with van der Waals surface area (Å²) in [7, 11) is 1.65. The van der Waals surface area contributed by atoms with E-state index in [2.05, 4.69) is 41.7 Å². The fourth-order valence-corrected chi connectivity index (χ4v) is 3.90. The van der Waals surface area contributed by atoms with Crippen molar-refractivity contribution < 1.29 is 14.3 Å². The molecule has 0 spiro atoms. The molecule has 1 amide bonds. The number of rotatable bonds is 8. The number of ether oxygens (including phenoxy) is 2. The minimum absolute atomic E-state index is 0.215. The van der Waals surface area contributed by atoms with Crippen molar-refractivity contribution in [3.8, 4) is 11.5 Å². The molecule has 0 fully saturated rings. The Morgan fingerprint density at radius 1 is 1.18 bits per heavy atom. The molecule has 0 saturated heterocycles. The molecule has 3 aromatic rings. The van der Waals surface area contributed by atoms with Gasteiger partial charge in [0, 0.05) is 23.5 Å². The number of anilines is 1. The zero-order valence-corrected chi connectivity index (χ0v) is 19.8. The summed E-state index contributed by atoms with van der Waals surface area (Å²) in [5.41, 5.74) is 5.60. The molecule has 7 heteroatoms. The number of aryl methyl sites for hydroxylation is 1. The Labute approximate surface area is 195 Å². The van der Waals surface area contributed by atoms with Crippen molar-refractivity contribution >= 4 is 11.6 Å². The van der Waals surface area contributed by atoms with E-state index in [-0.39, 0.29) is 5.91 Å². The molecule has 0 radical (unpaired) electrons. The monoisotopic (exact) mass is 448 g/mol. The maximum absolute atomic E-state index is 12.9.